The summed E-state index contributed by atoms with van der Waals surface area (Å²) >= 11 is 17.9. The van der Waals surface area contributed by atoms with Crippen LogP contribution < -0.4 is 15.4 Å². The van der Waals surface area contributed by atoms with Crippen LogP contribution in [0, 0.1) is 0 Å². The predicted octanol–water partition coefficient (Wildman–Crippen LogP) is 4.87. The summed E-state index contributed by atoms with van der Waals surface area (Å²) in [4.78, 5) is 23.6. The number of ether oxygens (including phenoxy) is 1. The van der Waals surface area contributed by atoms with Gasteiger partial charge in [-0.3, -0.25) is 9.59 Å². The van der Waals surface area contributed by atoms with E-state index in [0.29, 0.717) is 21.4 Å². The van der Waals surface area contributed by atoms with Crippen molar-refractivity contribution < 1.29 is 14.3 Å². The average molecular weight is 388 g/mol. The number of benzene rings is 2. The molecule has 0 atom stereocenters. The van der Waals surface area contributed by atoms with Gasteiger partial charge in [0.05, 0.1) is 33.4 Å². The quantitative estimate of drug-likeness (QED) is 0.787. The lowest BCUT2D eigenvalue weighted by Crippen LogP contribution is -2.14. The number of nitrogens with one attached hydrogen (secondary N) is 2. The van der Waals surface area contributed by atoms with Gasteiger partial charge >= 0.3 is 0 Å². The Morgan fingerprint density at radius 3 is 2.25 bits per heavy atom. The third-order valence-corrected chi connectivity index (χ3v) is 4.07. The molecule has 0 heterocycles. The van der Waals surface area contributed by atoms with Crippen molar-refractivity contribution in [3.05, 3.63) is 51.0 Å². The molecule has 2 N–H and O–H groups in total. The number of carbonyl (C=O) groups excluding carboxylic acids is 2. The molecule has 0 saturated carbocycles. The van der Waals surface area contributed by atoms with Crippen molar-refractivity contribution in [2.24, 2.45) is 0 Å². The molecule has 24 heavy (non-hydrogen) atoms. The number of hydrogen-bond acceptors (Lipinski definition) is 3. The summed E-state index contributed by atoms with van der Waals surface area (Å²) in [6.07, 6.45) is 0. The van der Waals surface area contributed by atoms with Crippen LogP contribution in [-0.4, -0.2) is 18.9 Å². The zero-order chi connectivity index (χ0) is 17.9. The SMILES string of the molecule is COc1cc(NC(C)=O)c(Cl)cc1C(=O)Nc1ccc(Cl)c(Cl)c1. The van der Waals surface area contributed by atoms with Crippen LogP contribution in [0.25, 0.3) is 0 Å². The fourth-order valence-electron chi connectivity index (χ4n) is 1.96. The van der Waals surface area contributed by atoms with Crippen molar-refractivity contribution in [3.63, 3.8) is 0 Å². The molecule has 2 amide bonds. The second-order valence-electron chi connectivity index (χ2n) is 4.80. The highest BCUT2D eigenvalue weighted by Crippen LogP contribution is 2.32. The Labute approximate surface area is 153 Å². The van der Waals surface area contributed by atoms with E-state index in [0.717, 1.165) is 0 Å². The van der Waals surface area contributed by atoms with Gasteiger partial charge < -0.3 is 15.4 Å². The van der Waals surface area contributed by atoms with E-state index in [-0.39, 0.29) is 22.2 Å². The molecule has 0 radical (unpaired) electrons. The van der Waals surface area contributed by atoms with Crippen LogP contribution in [0.15, 0.2) is 30.3 Å². The van der Waals surface area contributed by atoms with Crippen molar-refractivity contribution >= 4 is 58.0 Å². The summed E-state index contributed by atoms with van der Waals surface area (Å²) in [5.74, 6) is -0.464. The number of hydrogen-bond donors (Lipinski definition) is 2. The molecule has 0 aliphatic rings. The summed E-state index contributed by atoms with van der Waals surface area (Å²) in [6.45, 7) is 1.35. The molecule has 126 valence electrons. The highest BCUT2D eigenvalue weighted by atomic mass is 35.5. The summed E-state index contributed by atoms with van der Waals surface area (Å²) in [5.41, 5.74) is 1.04. The summed E-state index contributed by atoms with van der Waals surface area (Å²) in [6, 6.07) is 7.61. The zero-order valence-electron chi connectivity index (χ0n) is 12.7. The van der Waals surface area contributed by atoms with Gasteiger partial charge in [-0.1, -0.05) is 34.8 Å². The van der Waals surface area contributed by atoms with Gasteiger partial charge in [0.15, 0.2) is 0 Å². The molecule has 0 saturated heterocycles. The maximum atomic E-state index is 12.5. The Balaban J connectivity index is 2.32. The minimum Gasteiger partial charge on any atom is -0.496 e. The highest BCUT2D eigenvalue weighted by molar-refractivity contribution is 6.42. The van der Waals surface area contributed by atoms with Crippen LogP contribution in [0.1, 0.15) is 17.3 Å². The van der Waals surface area contributed by atoms with E-state index >= 15 is 0 Å². The summed E-state index contributed by atoms with van der Waals surface area (Å²) < 4.78 is 5.21. The zero-order valence-corrected chi connectivity index (χ0v) is 15.0. The standard InChI is InChI=1S/C16H13Cl3N2O3/c1-8(22)20-14-7-15(24-2)10(6-13(14)19)16(23)21-9-3-4-11(17)12(18)5-9/h3-7H,1-2H3,(H,20,22)(H,21,23). The van der Waals surface area contributed by atoms with Gasteiger partial charge in [-0.2, -0.15) is 0 Å². The van der Waals surface area contributed by atoms with Crippen LogP contribution in [0.3, 0.4) is 0 Å². The molecule has 2 aromatic carbocycles. The Kier molecular flexibility index (Phi) is 5.94. The number of amides is 2. The van der Waals surface area contributed by atoms with E-state index in [4.69, 9.17) is 39.5 Å². The number of carbonyl (C=O) groups is 2. The van der Waals surface area contributed by atoms with E-state index in [9.17, 15) is 9.59 Å². The maximum Gasteiger partial charge on any atom is 0.259 e. The minimum atomic E-state index is -0.443. The number of rotatable bonds is 4. The highest BCUT2D eigenvalue weighted by Gasteiger charge is 2.17. The minimum absolute atomic E-state index is 0.211. The van der Waals surface area contributed by atoms with Crippen molar-refractivity contribution in [2.75, 3.05) is 17.7 Å². The van der Waals surface area contributed by atoms with E-state index in [1.165, 1.54) is 32.2 Å². The topological polar surface area (TPSA) is 67.4 Å². The number of anilines is 2. The van der Waals surface area contributed by atoms with Gasteiger partial charge in [-0.05, 0) is 24.3 Å². The lowest BCUT2D eigenvalue weighted by molar-refractivity contribution is -0.114. The van der Waals surface area contributed by atoms with E-state index in [1.807, 2.05) is 0 Å². The lowest BCUT2D eigenvalue weighted by Gasteiger charge is -2.13. The third-order valence-electron chi connectivity index (χ3n) is 3.02. The van der Waals surface area contributed by atoms with E-state index in [1.54, 1.807) is 12.1 Å². The van der Waals surface area contributed by atoms with Crippen LogP contribution >= 0.6 is 34.8 Å². The first kappa shape index (κ1) is 18.4. The number of halogens is 3. The van der Waals surface area contributed by atoms with Gasteiger partial charge in [-0.15, -0.1) is 0 Å². The Morgan fingerprint density at radius 1 is 0.958 bits per heavy atom. The predicted molar refractivity (Wildman–Crippen MR) is 96.7 cm³/mol. The molecule has 8 heteroatoms. The molecule has 5 nitrogen and oxygen atoms in total. The molecular formula is C16H13Cl3N2O3. The molecule has 2 rings (SSSR count). The molecule has 0 aliphatic heterocycles. The second kappa shape index (κ2) is 7.75. The van der Waals surface area contributed by atoms with Crippen LogP contribution in [-0.2, 0) is 4.79 Å². The van der Waals surface area contributed by atoms with Crippen molar-refractivity contribution in [1.29, 1.82) is 0 Å². The van der Waals surface area contributed by atoms with Gasteiger partial charge in [0, 0.05) is 18.7 Å². The summed E-state index contributed by atoms with van der Waals surface area (Å²) in [7, 11) is 1.41. The molecule has 0 spiro atoms. The molecule has 2 aromatic rings. The second-order valence-corrected chi connectivity index (χ2v) is 6.02. The Bertz CT molecular complexity index is 809. The Morgan fingerprint density at radius 2 is 1.67 bits per heavy atom. The van der Waals surface area contributed by atoms with Crippen LogP contribution in [0.5, 0.6) is 5.75 Å². The van der Waals surface area contributed by atoms with Crippen molar-refractivity contribution in [3.8, 4) is 5.75 Å². The first-order valence-electron chi connectivity index (χ1n) is 6.73. The smallest absolute Gasteiger partial charge is 0.259 e. The van der Waals surface area contributed by atoms with Crippen LogP contribution in [0.2, 0.25) is 15.1 Å². The first-order chi connectivity index (χ1) is 11.3. The monoisotopic (exact) mass is 386 g/mol. The molecule has 0 aliphatic carbocycles. The third kappa shape index (κ3) is 4.32. The largest absolute Gasteiger partial charge is 0.496 e. The van der Waals surface area contributed by atoms with E-state index in [2.05, 4.69) is 10.6 Å². The Hall–Kier alpha value is -1.95. The maximum absolute atomic E-state index is 12.5. The number of methoxy groups -OCH3 is 1. The van der Waals surface area contributed by atoms with Gasteiger partial charge in [-0.25, -0.2) is 0 Å². The lowest BCUT2D eigenvalue weighted by atomic mass is 10.1. The fraction of sp³-hybridized carbons (Fsp3) is 0.125. The van der Waals surface area contributed by atoms with Gasteiger partial charge in [0.25, 0.3) is 5.91 Å². The molecule has 0 fully saturated rings. The molecule has 0 unspecified atom stereocenters. The van der Waals surface area contributed by atoms with Gasteiger partial charge in [0.2, 0.25) is 5.91 Å². The van der Waals surface area contributed by atoms with Crippen molar-refractivity contribution in [1.82, 2.24) is 0 Å². The van der Waals surface area contributed by atoms with E-state index < -0.39 is 5.91 Å². The van der Waals surface area contributed by atoms with Gasteiger partial charge in [0.1, 0.15) is 5.75 Å². The molecule has 0 aromatic heterocycles. The van der Waals surface area contributed by atoms with Crippen LogP contribution in [0.4, 0.5) is 11.4 Å². The average Bonchev–Trinajstić information content (AvgIpc) is 2.52. The fourth-order valence-corrected chi connectivity index (χ4v) is 2.47. The summed E-state index contributed by atoms with van der Waals surface area (Å²) in [5, 5.41) is 6.16. The van der Waals surface area contributed by atoms with Crippen molar-refractivity contribution in [2.45, 2.75) is 6.92 Å². The molecule has 0 bridgehead atoms. The molecular weight excluding hydrogens is 375 g/mol. The normalized spacial score (nSPS) is 10.2. The first-order valence-corrected chi connectivity index (χ1v) is 7.86.